The molecule has 0 aliphatic rings. The molecule has 2 heteroatoms. The smallest absolute Gasteiger partial charge is 0.0600 e. The van der Waals surface area contributed by atoms with Gasteiger partial charge in [0.15, 0.2) is 0 Å². The first-order valence-electron chi connectivity index (χ1n) is 5.83. The highest BCUT2D eigenvalue weighted by Gasteiger charge is 2.05. The predicted molar refractivity (Wildman–Crippen MR) is 72.9 cm³/mol. The number of hydrogen-bond donors (Lipinski definition) is 1. The first-order valence-corrected chi connectivity index (χ1v) is 5.83. The minimum absolute atomic E-state index is 1.07. The van der Waals surface area contributed by atoms with Crippen LogP contribution in [0.1, 0.15) is 22.3 Å². The molecule has 0 saturated heterocycles. The molecule has 0 aliphatic heterocycles. The second-order valence-corrected chi connectivity index (χ2v) is 4.59. The molecule has 1 heterocycles. The third-order valence-electron chi connectivity index (χ3n) is 2.98. The molecule has 17 heavy (non-hydrogen) atoms. The van der Waals surface area contributed by atoms with Crippen molar-refractivity contribution in [1.82, 2.24) is 4.98 Å². The molecular formula is C15H18N2. The Kier molecular flexibility index (Phi) is 3.14. The van der Waals surface area contributed by atoms with Crippen LogP contribution in [0.15, 0.2) is 30.6 Å². The van der Waals surface area contributed by atoms with Crippen molar-refractivity contribution in [2.75, 3.05) is 5.32 Å². The molecule has 1 N–H and O–H groups in total. The first kappa shape index (κ1) is 11.6. The Morgan fingerprint density at radius 2 is 1.59 bits per heavy atom. The fourth-order valence-corrected chi connectivity index (χ4v) is 2.11. The third kappa shape index (κ3) is 2.47. The molecule has 2 rings (SSSR count). The Morgan fingerprint density at radius 3 is 2.18 bits per heavy atom. The van der Waals surface area contributed by atoms with Crippen LogP contribution >= 0.6 is 0 Å². The number of aromatic nitrogens is 1. The topological polar surface area (TPSA) is 24.9 Å². The van der Waals surface area contributed by atoms with Crippen molar-refractivity contribution in [3.05, 3.63) is 52.8 Å². The van der Waals surface area contributed by atoms with Gasteiger partial charge in [-0.1, -0.05) is 17.7 Å². The van der Waals surface area contributed by atoms with Crippen LogP contribution in [-0.2, 0) is 0 Å². The molecule has 88 valence electrons. The van der Waals surface area contributed by atoms with Gasteiger partial charge in [0.25, 0.3) is 0 Å². The maximum absolute atomic E-state index is 4.16. The summed E-state index contributed by atoms with van der Waals surface area (Å²) in [7, 11) is 0. The number of pyridine rings is 1. The summed E-state index contributed by atoms with van der Waals surface area (Å²) < 4.78 is 0. The molecule has 1 aromatic heterocycles. The second-order valence-electron chi connectivity index (χ2n) is 4.59. The highest BCUT2D eigenvalue weighted by Crippen LogP contribution is 2.26. The van der Waals surface area contributed by atoms with Crippen LogP contribution in [0.4, 0.5) is 11.4 Å². The summed E-state index contributed by atoms with van der Waals surface area (Å²) in [6, 6.07) is 6.41. The Labute approximate surface area is 103 Å². The maximum atomic E-state index is 4.16. The predicted octanol–water partition coefficient (Wildman–Crippen LogP) is 4.06. The van der Waals surface area contributed by atoms with Crippen molar-refractivity contribution >= 4 is 11.4 Å². The zero-order valence-electron chi connectivity index (χ0n) is 10.8. The van der Waals surface area contributed by atoms with Gasteiger partial charge in [0.1, 0.15) is 0 Å². The first-order chi connectivity index (χ1) is 8.08. The van der Waals surface area contributed by atoms with Gasteiger partial charge in [0.2, 0.25) is 0 Å². The Balaban J connectivity index is 2.40. The summed E-state index contributed by atoms with van der Waals surface area (Å²) >= 11 is 0. The average Bonchev–Trinajstić information content (AvgIpc) is 2.25. The van der Waals surface area contributed by atoms with Crippen LogP contribution in [-0.4, -0.2) is 4.98 Å². The molecule has 0 spiro atoms. The van der Waals surface area contributed by atoms with E-state index in [2.05, 4.69) is 50.1 Å². The molecule has 0 radical (unpaired) electrons. The summed E-state index contributed by atoms with van der Waals surface area (Å²) in [6.07, 6.45) is 3.68. The molecule has 0 amide bonds. The highest BCUT2D eigenvalue weighted by molar-refractivity contribution is 5.68. The Hall–Kier alpha value is -1.83. The number of hydrogen-bond acceptors (Lipinski definition) is 2. The van der Waals surface area contributed by atoms with Gasteiger partial charge in [0.05, 0.1) is 11.9 Å². The van der Waals surface area contributed by atoms with Crippen LogP contribution < -0.4 is 5.32 Å². The van der Waals surface area contributed by atoms with Crippen LogP contribution in [0, 0.1) is 27.7 Å². The van der Waals surface area contributed by atoms with Crippen molar-refractivity contribution in [3.8, 4) is 0 Å². The highest BCUT2D eigenvalue weighted by atomic mass is 14.9. The van der Waals surface area contributed by atoms with Gasteiger partial charge in [-0.2, -0.15) is 0 Å². The molecule has 2 aromatic rings. The Morgan fingerprint density at radius 1 is 0.941 bits per heavy atom. The number of aryl methyl sites for hydroxylation is 4. The Bertz CT molecular complexity index is 521. The number of nitrogens with one attached hydrogen (secondary N) is 1. The number of rotatable bonds is 2. The number of benzene rings is 1. The normalized spacial score (nSPS) is 10.4. The van der Waals surface area contributed by atoms with E-state index in [1.54, 1.807) is 0 Å². The van der Waals surface area contributed by atoms with Crippen molar-refractivity contribution < 1.29 is 0 Å². The van der Waals surface area contributed by atoms with Gasteiger partial charge >= 0.3 is 0 Å². The second kappa shape index (κ2) is 4.58. The van der Waals surface area contributed by atoms with Crippen LogP contribution in [0.25, 0.3) is 0 Å². The average molecular weight is 226 g/mol. The molecule has 0 bridgehead atoms. The van der Waals surface area contributed by atoms with Crippen molar-refractivity contribution in [2.45, 2.75) is 27.7 Å². The lowest BCUT2D eigenvalue weighted by atomic mass is 10.0. The van der Waals surface area contributed by atoms with E-state index in [4.69, 9.17) is 0 Å². The van der Waals surface area contributed by atoms with E-state index in [0.717, 1.165) is 5.69 Å². The van der Waals surface area contributed by atoms with Gasteiger partial charge in [-0.25, -0.2) is 0 Å². The summed E-state index contributed by atoms with van der Waals surface area (Å²) in [6.45, 7) is 8.48. The largest absolute Gasteiger partial charge is 0.354 e. The van der Waals surface area contributed by atoms with E-state index in [-0.39, 0.29) is 0 Å². The lowest BCUT2D eigenvalue weighted by Crippen LogP contribution is -1.99. The van der Waals surface area contributed by atoms with E-state index >= 15 is 0 Å². The quantitative estimate of drug-likeness (QED) is 0.835. The fourth-order valence-electron chi connectivity index (χ4n) is 2.11. The van der Waals surface area contributed by atoms with Crippen LogP contribution in [0.5, 0.6) is 0 Å². The monoisotopic (exact) mass is 226 g/mol. The van der Waals surface area contributed by atoms with Gasteiger partial charge in [-0.05, 0) is 50.5 Å². The lowest BCUT2D eigenvalue weighted by molar-refractivity contribution is 1.26. The summed E-state index contributed by atoms with van der Waals surface area (Å²) in [4.78, 5) is 4.16. The van der Waals surface area contributed by atoms with E-state index in [1.165, 1.54) is 27.9 Å². The van der Waals surface area contributed by atoms with Crippen LogP contribution in [0.3, 0.4) is 0 Å². The molecule has 0 unspecified atom stereocenters. The van der Waals surface area contributed by atoms with E-state index in [1.807, 2.05) is 18.5 Å². The minimum Gasteiger partial charge on any atom is -0.354 e. The zero-order chi connectivity index (χ0) is 12.4. The van der Waals surface area contributed by atoms with Gasteiger partial charge in [-0.15, -0.1) is 0 Å². The fraction of sp³-hybridized carbons (Fsp3) is 0.267. The molecule has 0 saturated carbocycles. The van der Waals surface area contributed by atoms with E-state index in [0.29, 0.717) is 0 Å². The lowest BCUT2D eigenvalue weighted by Gasteiger charge is -2.15. The SMILES string of the molecule is Cc1cc(C)c(Nc2cnccc2C)c(C)c1. The molecule has 2 nitrogen and oxygen atoms in total. The van der Waals surface area contributed by atoms with Gasteiger partial charge in [0, 0.05) is 11.9 Å². The minimum atomic E-state index is 1.07. The number of nitrogens with zero attached hydrogens (tertiary/aromatic N) is 1. The summed E-state index contributed by atoms with van der Waals surface area (Å²) in [5, 5.41) is 3.47. The van der Waals surface area contributed by atoms with Crippen LogP contribution in [0.2, 0.25) is 0 Å². The van der Waals surface area contributed by atoms with Crippen molar-refractivity contribution in [1.29, 1.82) is 0 Å². The number of anilines is 2. The van der Waals surface area contributed by atoms with E-state index < -0.39 is 0 Å². The van der Waals surface area contributed by atoms with Gasteiger partial charge < -0.3 is 5.32 Å². The molecule has 0 atom stereocenters. The van der Waals surface area contributed by atoms with E-state index in [9.17, 15) is 0 Å². The molecular weight excluding hydrogens is 208 g/mol. The third-order valence-corrected chi connectivity index (χ3v) is 2.98. The summed E-state index contributed by atoms with van der Waals surface area (Å²) in [5.74, 6) is 0. The molecule has 1 aromatic carbocycles. The zero-order valence-corrected chi connectivity index (χ0v) is 10.8. The maximum Gasteiger partial charge on any atom is 0.0600 e. The van der Waals surface area contributed by atoms with Crippen molar-refractivity contribution in [3.63, 3.8) is 0 Å². The van der Waals surface area contributed by atoms with Crippen molar-refractivity contribution in [2.24, 2.45) is 0 Å². The standard InChI is InChI=1S/C15H18N2/c1-10-7-12(3)15(13(4)8-10)17-14-9-16-6-5-11(14)2/h5-9,17H,1-4H3. The van der Waals surface area contributed by atoms with Gasteiger partial charge in [-0.3, -0.25) is 4.98 Å². The molecule has 0 fully saturated rings. The molecule has 0 aliphatic carbocycles. The summed E-state index contributed by atoms with van der Waals surface area (Å²) in [5.41, 5.74) is 7.30.